The number of hydrogen-bond donors (Lipinski definition) is 2. The monoisotopic (exact) mass is 361 g/mol. The third kappa shape index (κ3) is 9.84. The molecule has 0 aliphatic heterocycles. The number of phenolic OH excluding ortho intramolecular Hbond substituents is 1. The molecule has 0 fully saturated rings. The lowest BCUT2D eigenvalue weighted by Gasteiger charge is -2.08. The third-order valence-electron chi connectivity index (χ3n) is 5.10. The fraction of sp³-hybridized carbons (Fsp3) is 0.696. The maximum absolute atomic E-state index is 9.95. The molecule has 1 aromatic carbocycles. The molecule has 0 aliphatic rings. The molecule has 26 heavy (non-hydrogen) atoms. The van der Waals surface area contributed by atoms with Crippen LogP contribution >= 0.6 is 0 Å². The number of unbranched alkanes of at least 4 members (excludes halogenated alkanes) is 12. The van der Waals surface area contributed by atoms with Crippen LogP contribution in [-0.2, 0) is 0 Å². The molecule has 3 nitrogen and oxygen atoms in total. The summed E-state index contributed by atoms with van der Waals surface area (Å²) in [6, 6.07) is 5.41. The van der Waals surface area contributed by atoms with Crippen molar-refractivity contribution in [2.45, 2.75) is 104 Å². The molecule has 1 rings (SSSR count). The first-order valence-corrected chi connectivity index (χ1v) is 10.7. The average Bonchev–Trinajstić information content (AvgIpc) is 2.64. The summed E-state index contributed by atoms with van der Waals surface area (Å²) >= 11 is 0. The van der Waals surface area contributed by atoms with Gasteiger partial charge in [-0.3, -0.25) is 0 Å². The quantitative estimate of drug-likeness (QED) is 0.148. The Morgan fingerprint density at radius 2 is 1.31 bits per heavy atom. The van der Waals surface area contributed by atoms with Crippen LogP contribution in [-0.4, -0.2) is 16.0 Å². The van der Waals surface area contributed by atoms with Gasteiger partial charge >= 0.3 is 0 Å². The van der Waals surface area contributed by atoms with Gasteiger partial charge in [0, 0.05) is 5.56 Å². The molecule has 0 unspecified atom stereocenters. The fourth-order valence-electron chi connectivity index (χ4n) is 3.43. The van der Waals surface area contributed by atoms with Crippen LogP contribution in [0, 0.1) is 6.92 Å². The summed E-state index contributed by atoms with van der Waals surface area (Å²) in [4.78, 5) is 0. The molecule has 0 heterocycles. The summed E-state index contributed by atoms with van der Waals surface area (Å²) in [5.41, 5.74) is 2.31. The maximum atomic E-state index is 9.95. The number of rotatable bonds is 15. The van der Waals surface area contributed by atoms with E-state index in [9.17, 15) is 10.3 Å². The van der Waals surface area contributed by atoms with Crippen molar-refractivity contribution in [2.24, 2.45) is 5.16 Å². The lowest BCUT2D eigenvalue weighted by atomic mass is 10.00. The molecule has 2 N–H and O–H groups in total. The Hall–Kier alpha value is -1.51. The first-order valence-electron chi connectivity index (χ1n) is 10.7. The minimum atomic E-state index is 0.193. The first-order chi connectivity index (χ1) is 12.7. The molecule has 0 aliphatic carbocycles. The second kappa shape index (κ2) is 14.6. The van der Waals surface area contributed by atoms with Crippen molar-refractivity contribution in [3.05, 3.63) is 29.3 Å². The normalized spacial score (nSPS) is 11.8. The van der Waals surface area contributed by atoms with Crippen LogP contribution < -0.4 is 0 Å². The Morgan fingerprint density at radius 3 is 1.81 bits per heavy atom. The van der Waals surface area contributed by atoms with Gasteiger partial charge in [-0.15, -0.1) is 0 Å². The second-order valence-corrected chi connectivity index (χ2v) is 7.56. The van der Waals surface area contributed by atoms with E-state index in [-0.39, 0.29) is 5.75 Å². The summed E-state index contributed by atoms with van der Waals surface area (Å²) in [6.45, 7) is 4.24. The van der Waals surface area contributed by atoms with Crippen LogP contribution in [0.3, 0.4) is 0 Å². The molecule has 1 aromatic rings. The van der Waals surface area contributed by atoms with E-state index >= 15 is 0 Å². The number of hydrogen-bond acceptors (Lipinski definition) is 3. The van der Waals surface area contributed by atoms with Gasteiger partial charge in [0.1, 0.15) is 5.75 Å². The van der Waals surface area contributed by atoms with Crippen LogP contribution in [0.4, 0.5) is 0 Å². The van der Waals surface area contributed by atoms with Crippen LogP contribution in [0.1, 0.15) is 108 Å². The minimum absolute atomic E-state index is 0.193. The molecule has 148 valence electrons. The van der Waals surface area contributed by atoms with Gasteiger partial charge in [0.25, 0.3) is 0 Å². The number of phenols is 1. The van der Waals surface area contributed by atoms with Gasteiger partial charge in [0.05, 0.1) is 5.71 Å². The largest absolute Gasteiger partial charge is 0.507 e. The number of nitrogens with zero attached hydrogens (tertiary/aromatic N) is 1. The fourth-order valence-corrected chi connectivity index (χ4v) is 3.43. The Morgan fingerprint density at radius 1 is 0.808 bits per heavy atom. The Balaban J connectivity index is 2.03. The number of aromatic hydroxyl groups is 1. The van der Waals surface area contributed by atoms with Gasteiger partial charge in [-0.25, -0.2) is 0 Å². The van der Waals surface area contributed by atoms with Gasteiger partial charge in [0.15, 0.2) is 0 Å². The van der Waals surface area contributed by atoms with E-state index in [1.165, 1.54) is 70.6 Å². The molecular weight excluding hydrogens is 322 g/mol. The first kappa shape index (κ1) is 22.5. The van der Waals surface area contributed by atoms with Gasteiger partial charge < -0.3 is 10.3 Å². The highest BCUT2D eigenvalue weighted by molar-refractivity contribution is 6.02. The van der Waals surface area contributed by atoms with E-state index in [4.69, 9.17) is 0 Å². The molecule has 0 amide bonds. The van der Waals surface area contributed by atoms with Crippen LogP contribution in [0.15, 0.2) is 23.4 Å². The maximum Gasteiger partial charge on any atom is 0.124 e. The molecule has 0 saturated heterocycles. The summed E-state index contributed by atoms with van der Waals surface area (Å²) in [6.07, 6.45) is 17.9. The molecule has 0 spiro atoms. The highest BCUT2D eigenvalue weighted by Gasteiger charge is 2.10. The van der Waals surface area contributed by atoms with E-state index in [0.717, 1.165) is 18.4 Å². The van der Waals surface area contributed by atoms with Crippen molar-refractivity contribution >= 4 is 5.71 Å². The average molecular weight is 362 g/mol. The molecule has 0 bridgehead atoms. The Kier molecular flexibility index (Phi) is 12.7. The second-order valence-electron chi connectivity index (χ2n) is 7.56. The highest BCUT2D eigenvalue weighted by Crippen LogP contribution is 2.22. The number of aryl methyl sites for hydroxylation is 1. The van der Waals surface area contributed by atoms with E-state index in [0.29, 0.717) is 17.7 Å². The van der Waals surface area contributed by atoms with Gasteiger partial charge in [-0.2, -0.15) is 0 Å². The van der Waals surface area contributed by atoms with Crippen molar-refractivity contribution in [1.82, 2.24) is 0 Å². The lowest BCUT2D eigenvalue weighted by Crippen LogP contribution is -2.02. The predicted octanol–water partition coefficient (Wildman–Crippen LogP) is 7.36. The smallest absolute Gasteiger partial charge is 0.124 e. The van der Waals surface area contributed by atoms with Crippen molar-refractivity contribution in [1.29, 1.82) is 0 Å². The molecule has 0 atom stereocenters. The zero-order chi connectivity index (χ0) is 19.0. The highest BCUT2D eigenvalue weighted by atomic mass is 16.4. The molecule has 0 radical (unpaired) electrons. The van der Waals surface area contributed by atoms with Gasteiger partial charge in [0.2, 0.25) is 0 Å². The van der Waals surface area contributed by atoms with E-state index < -0.39 is 0 Å². The SMILES string of the molecule is CCCCCCCCCCCCCCC/C(=N\O)c1cc(C)ccc1O. The van der Waals surface area contributed by atoms with Crippen LogP contribution in [0.25, 0.3) is 0 Å². The zero-order valence-electron chi connectivity index (χ0n) is 17.0. The van der Waals surface area contributed by atoms with Crippen molar-refractivity contribution in [3.8, 4) is 5.75 Å². The zero-order valence-corrected chi connectivity index (χ0v) is 17.0. The van der Waals surface area contributed by atoms with Crippen molar-refractivity contribution in [2.75, 3.05) is 0 Å². The molecule has 0 aromatic heterocycles. The van der Waals surface area contributed by atoms with E-state index in [1.807, 2.05) is 19.1 Å². The van der Waals surface area contributed by atoms with Crippen molar-refractivity contribution in [3.63, 3.8) is 0 Å². The Labute approximate surface area is 160 Å². The number of oxime groups is 1. The summed E-state index contributed by atoms with van der Waals surface area (Å²) in [5.74, 6) is 0.193. The molecule has 0 saturated carbocycles. The molecular formula is C23H39NO2. The van der Waals surface area contributed by atoms with E-state index in [2.05, 4.69) is 12.1 Å². The van der Waals surface area contributed by atoms with Gasteiger partial charge in [-0.1, -0.05) is 101 Å². The Bertz CT molecular complexity index is 511. The number of benzene rings is 1. The molecule has 3 heteroatoms. The van der Waals surface area contributed by atoms with E-state index in [1.54, 1.807) is 6.07 Å². The lowest BCUT2D eigenvalue weighted by molar-refractivity contribution is 0.317. The summed E-state index contributed by atoms with van der Waals surface area (Å²) in [5, 5.41) is 22.6. The summed E-state index contributed by atoms with van der Waals surface area (Å²) in [7, 11) is 0. The van der Waals surface area contributed by atoms with Crippen LogP contribution in [0.5, 0.6) is 5.75 Å². The topological polar surface area (TPSA) is 52.8 Å². The van der Waals surface area contributed by atoms with Crippen LogP contribution in [0.2, 0.25) is 0 Å². The predicted molar refractivity (Wildman–Crippen MR) is 111 cm³/mol. The third-order valence-corrected chi connectivity index (χ3v) is 5.10. The van der Waals surface area contributed by atoms with Gasteiger partial charge in [-0.05, 0) is 31.9 Å². The summed E-state index contributed by atoms with van der Waals surface area (Å²) < 4.78 is 0. The minimum Gasteiger partial charge on any atom is -0.507 e. The standard InChI is InChI=1S/C23H39NO2/c1-3-4-5-6-7-8-9-10-11-12-13-14-15-16-22(24-26)21-19-20(2)17-18-23(21)25/h17-19,25-26H,3-16H2,1-2H3/b24-22+. The van der Waals surface area contributed by atoms with Crippen molar-refractivity contribution < 1.29 is 10.3 Å².